The van der Waals surface area contributed by atoms with Crippen LogP contribution in [0.4, 0.5) is 0 Å². The lowest BCUT2D eigenvalue weighted by Crippen LogP contribution is -2.29. The van der Waals surface area contributed by atoms with Crippen LogP contribution in [0.2, 0.25) is 0 Å². The molecule has 108 valence electrons. The van der Waals surface area contributed by atoms with Gasteiger partial charge in [0.1, 0.15) is 11.0 Å². The number of nitrogens with zero attached hydrogens (tertiary/aromatic N) is 3. The number of aromatic nitrogens is 2. The third kappa shape index (κ3) is 3.74. The van der Waals surface area contributed by atoms with Gasteiger partial charge in [0.2, 0.25) is 5.91 Å². The summed E-state index contributed by atoms with van der Waals surface area (Å²) in [6, 6.07) is 5.78. The number of ether oxygens (including phenoxy) is 1. The van der Waals surface area contributed by atoms with Crippen molar-refractivity contribution in [1.82, 2.24) is 13.6 Å². The van der Waals surface area contributed by atoms with Gasteiger partial charge in [0.05, 0.1) is 18.1 Å². The molecule has 0 bridgehead atoms. The Kier molecular flexibility index (Phi) is 5.43. The van der Waals surface area contributed by atoms with Gasteiger partial charge in [0.25, 0.3) is 0 Å². The summed E-state index contributed by atoms with van der Waals surface area (Å²) < 4.78 is 13.5. The first-order valence-electron chi connectivity index (χ1n) is 6.65. The molecule has 1 heterocycles. The van der Waals surface area contributed by atoms with Gasteiger partial charge in [-0.3, -0.25) is 4.79 Å². The lowest BCUT2D eigenvalue weighted by atomic mass is 10.1. The molecule has 0 aliphatic rings. The minimum absolute atomic E-state index is 0.114. The van der Waals surface area contributed by atoms with E-state index in [0.29, 0.717) is 6.42 Å². The van der Waals surface area contributed by atoms with Crippen molar-refractivity contribution in [1.29, 1.82) is 0 Å². The van der Waals surface area contributed by atoms with Crippen LogP contribution in [0, 0.1) is 0 Å². The van der Waals surface area contributed by atoms with E-state index in [1.54, 1.807) is 12.0 Å². The summed E-state index contributed by atoms with van der Waals surface area (Å²) in [5.74, 6) is 0.114. The van der Waals surface area contributed by atoms with Crippen LogP contribution in [-0.2, 0) is 16.0 Å². The second kappa shape index (κ2) is 7.31. The van der Waals surface area contributed by atoms with E-state index in [4.69, 9.17) is 4.74 Å². The van der Waals surface area contributed by atoms with Gasteiger partial charge >= 0.3 is 0 Å². The molecule has 0 aliphatic heterocycles. The molecule has 0 radical (unpaired) electrons. The van der Waals surface area contributed by atoms with Crippen molar-refractivity contribution in [3.63, 3.8) is 0 Å². The second-order valence-corrected chi connectivity index (χ2v) is 5.27. The van der Waals surface area contributed by atoms with Gasteiger partial charge in [-0.05, 0) is 24.5 Å². The Morgan fingerprint density at radius 3 is 3.00 bits per heavy atom. The number of carbonyl (C=O) groups excluding carboxylic acids is 1. The summed E-state index contributed by atoms with van der Waals surface area (Å²) in [5.41, 5.74) is 2.66. The molecule has 6 heteroatoms. The first-order chi connectivity index (χ1) is 9.72. The maximum Gasteiger partial charge on any atom is 0.226 e. The number of carbonyl (C=O) groups is 1. The molecule has 0 saturated carbocycles. The lowest BCUT2D eigenvalue weighted by molar-refractivity contribution is -0.129. The average Bonchev–Trinajstić information content (AvgIpc) is 2.93. The zero-order valence-corrected chi connectivity index (χ0v) is 12.7. The summed E-state index contributed by atoms with van der Waals surface area (Å²) >= 11 is 1.18. The second-order valence-electron chi connectivity index (χ2n) is 4.74. The van der Waals surface area contributed by atoms with Gasteiger partial charge in [0, 0.05) is 27.3 Å². The van der Waals surface area contributed by atoms with Crippen LogP contribution in [0.5, 0.6) is 0 Å². The molecule has 0 saturated heterocycles. The number of methoxy groups -OCH3 is 1. The first-order valence-corrected chi connectivity index (χ1v) is 7.38. The standard InChI is InChI=1S/C14H19N3O2S/c1-17(8-3-4-9-19-2)13(18)10-11-6-5-7-12-14(11)16-20-15-12/h5-7H,3-4,8-10H2,1-2H3. The molecular formula is C14H19N3O2S. The monoisotopic (exact) mass is 293 g/mol. The number of amides is 1. The Morgan fingerprint density at radius 1 is 1.35 bits per heavy atom. The molecule has 1 aromatic carbocycles. The highest BCUT2D eigenvalue weighted by Gasteiger charge is 2.13. The van der Waals surface area contributed by atoms with Crippen molar-refractivity contribution in [2.24, 2.45) is 0 Å². The van der Waals surface area contributed by atoms with Crippen molar-refractivity contribution < 1.29 is 9.53 Å². The number of unbranched alkanes of at least 4 members (excludes halogenated alkanes) is 1. The van der Waals surface area contributed by atoms with Crippen LogP contribution < -0.4 is 0 Å². The van der Waals surface area contributed by atoms with E-state index < -0.39 is 0 Å². The van der Waals surface area contributed by atoms with E-state index in [1.807, 2.05) is 25.2 Å². The fourth-order valence-electron chi connectivity index (χ4n) is 2.02. The molecule has 20 heavy (non-hydrogen) atoms. The van der Waals surface area contributed by atoms with Gasteiger partial charge < -0.3 is 9.64 Å². The minimum Gasteiger partial charge on any atom is -0.385 e. The molecule has 0 fully saturated rings. The zero-order chi connectivity index (χ0) is 14.4. The molecule has 2 rings (SSSR count). The van der Waals surface area contributed by atoms with Crippen LogP contribution in [0.3, 0.4) is 0 Å². The predicted octanol–water partition coefficient (Wildman–Crippen LogP) is 2.12. The largest absolute Gasteiger partial charge is 0.385 e. The van der Waals surface area contributed by atoms with Gasteiger partial charge in [0.15, 0.2) is 0 Å². The normalized spacial score (nSPS) is 10.9. The highest BCUT2D eigenvalue weighted by molar-refractivity contribution is 7.00. The average molecular weight is 293 g/mol. The summed E-state index contributed by atoms with van der Waals surface area (Å²) in [4.78, 5) is 14.0. The fourth-order valence-corrected chi connectivity index (χ4v) is 2.59. The minimum atomic E-state index is 0.114. The molecule has 0 spiro atoms. The fraction of sp³-hybridized carbons (Fsp3) is 0.500. The number of benzene rings is 1. The Balaban J connectivity index is 1.92. The van der Waals surface area contributed by atoms with Gasteiger partial charge in [-0.25, -0.2) is 0 Å². The van der Waals surface area contributed by atoms with Crippen molar-refractivity contribution in [2.45, 2.75) is 19.3 Å². The highest BCUT2D eigenvalue weighted by atomic mass is 32.1. The number of fused-ring (bicyclic) bond motifs is 1. The Hall–Kier alpha value is -1.53. The van der Waals surface area contributed by atoms with Crippen LogP contribution in [0.25, 0.3) is 11.0 Å². The highest BCUT2D eigenvalue weighted by Crippen LogP contribution is 2.17. The molecule has 5 nitrogen and oxygen atoms in total. The molecule has 0 N–H and O–H groups in total. The molecule has 0 atom stereocenters. The van der Waals surface area contributed by atoms with E-state index in [2.05, 4.69) is 8.75 Å². The maximum absolute atomic E-state index is 12.2. The Morgan fingerprint density at radius 2 is 2.20 bits per heavy atom. The lowest BCUT2D eigenvalue weighted by Gasteiger charge is -2.17. The van der Waals surface area contributed by atoms with E-state index in [0.717, 1.165) is 42.6 Å². The SMILES string of the molecule is COCCCCN(C)C(=O)Cc1cccc2nsnc12. The number of hydrogen-bond acceptors (Lipinski definition) is 5. The summed E-state index contributed by atoms with van der Waals surface area (Å²) in [7, 11) is 3.53. The van der Waals surface area contributed by atoms with Gasteiger partial charge in [-0.15, -0.1) is 0 Å². The number of hydrogen-bond donors (Lipinski definition) is 0. The summed E-state index contributed by atoms with van der Waals surface area (Å²) in [5, 5.41) is 0. The van der Waals surface area contributed by atoms with Crippen molar-refractivity contribution in [2.75, 3.05) is 27.3 Å². The van der Waals surface area contributed by atoms with Gasteiger partial charge in [-0.1, -0.05) is 12.1 Å². The quantitative estimate of drug-likeness (QED) is 0.734. The topological polar surface area (TPSA) is 55.3 Å². The third-order valence-corrected chi connectivity index (χ3v) is 3.77. The molecular weight excluding hydrogens is 274 g/mol. The van der Waals surface area contributed by atoms with Crippen molar-refractivity contribution in [3.05, 3.63) is 23.8 Å². The smallest absolute Gasteiger partial charge is 0.226 e. The van der Waals surface area contributed by atoms with Crippen LogP contribution in [0.15, 0.2) is 18.2 Å². The predicted molar refractivity (Wildman–Crippen MR) is 79.9 cm³/mol. The van der Waals surface area contributed by atoms with E-state index >= 15 is 0 Å². The maximum atomic E-state index is 12.2. The van der Waals surface area contributed by atoms with E-state index in [1.165, 1.54) is 11.7 Å². The molecule has 1 amide bonds. The molecule has 0 aliphatic carbocycles. The van der Waals surface area contributed by atoms with Crippen LogP contribution in [-0.4, -0.2) is 46.9 Å². The molecule has 1 aromatic heterocycles. The van der Waals surface area contributed by atoms with E-state index in [-0.39, 0.29) is 5.91 Å². The van der Waals surface area contributed by atoms with Crippen LogP contribution >= 0.6 is 11.7 Å². The third-order valence-electron chi connectivity index (χ3n) is 3.23. The van der Waals surface area contributed by atoms with Gasteiger partial charge in [-0.2, -0.15) is 8.75 Å². The first kappa shape index (κ1) is 14.9. The summed E-state index contributed by atoms with van der Waals surface area (Å²) in [6.45, 7) is 1.50. The van der Waals surface area contributed by atoms with Crippen molar-refractivity contribution in [3.8, 4) is 0 Å². The van der Waals surface area contributed by atoms with Crippen molar-refractivity contribution >= 4 is 28.7 Å². The molecule has 0 unspecified atom stereocenters. The van der Waals surface area contributed by atoms with E-state index in [9.17, 15) is 4.79 Å². The Bertz CT molecular complexity index is 570. The number of likely N-dealkylation sites (N-methyl/N-ethyl adjacent to an activating group) is 1. The Labute approximate surface area is 122 Å². The summed E-state index contributed by atoms with van der Waals surface area (Å²) in [6.07, 6.45) is 2.31. The number of rotatable bonds is 7. The molecule has 2 aromatic rings. The van der Waals surface area contributed by atoms with Crippen LogP contribution in [0.1, 0.15) is 18.4 Å². The zero-order valence-electron chi connectivity index (χ0n) is 11.8.